The van der Waals surface area contributed by atoms with E-state index in [4.69, 9.17) is 0 Å². The first-order chi connectivity index (χ1) is 7.51. The smallest absolute Gasteiger partial charge is 0.242 e. The fourth-order valence-electron chi connectivity index (χ4n) is 1.21. The molecule has 0 aromatic heterocycles. The van der Waals surface area contributed by atoms with Gasteiger partial charge in [0.25, 0.3) is 0 Å². The van der Waals surface area contributed by atoms with Gasteiger partial charge in [-0.15, -0.1) is 0 Å². The van der Waals surface area contributed by atoms with Gasteiger partial charge in [0, 0.05) is 7.05 Å². The van der Waals surface area contributed by atoms with Gasteiger partial charge in [-0.25, -0.2) is 0 Å². The van der Waals surface area contributed by atoms with Crippen molar-refractivity contribution in [3.05, 3.63) is 0 Å². The molecule has 0 saturated carbocycles. The van der Waals surface area contributed by atoms with E-state index in [1.165, 1.54) is 0 Å². The van der Waals surface area contributed by atoms with Crippen molar-refractivity contribution in [2.24, 2.45) is 0 Å². The molecule has 0 aliphatic carbocycles. The fraction of sp³-hybridized carbons (Fsp3) is 0.800. The molecule has 0 saturated heterocycles. The minimum absolute atomic E-state index is 0.125. The Kier molecular flexibility index (Phi) is 8.01. The van der Waals surface area contributed by atoms with Crippen LogP contribution in [0.15, 0.2) is 0 Å². The Hall–Kier alpha value is -0.750. The van der Waals surface area contributed by atoms with E-state index in [0.29, 0.717) is 13.0 Å². The Morgan fingerprint density at radius 3 is 2.44 bits per heavy atom. The van der Waals surface area contributed by atoms with Gasteiger partial charge < -0.3 is 15.5 Å². The highest BCUT2D eigenvalue weighted by atomic mass is 32.2. The van der Waals surface area contributed by atoms with Gasteiger partial charge in [0.05, 0.1) is 6.54 Å². The predicted molar refractivity (Wildman–Crippen MR) is 67.6 cm³/mol. The highest BCUT2D eigenvalue weighted by molar-refractivity contribution is 7.98. The van der Waals surface area contributed by atoms with Crippen molar-refractivity contribution in [1.29, 1.82) is 0 Å². The highest BCUT2D eigenvalue weighted by Crippen LogP contribution is 2.01. The Bertz CT molecular complexity index is 234. The Morgan fingerprint density at radius 1 is 1.38 bits per heavy atom. The summed E-state index contributed by atoms with van der Waals surface area (Å²) in [5.74, 6) is 0.584. The Morgan fingerprint density at radius 2 is 2.00 bits per heavy atom. The van der Waals surface area contributed by atoms with Crippen LogP contribution in [0, 0.1) is 0 Å². The first-order valence-electron chi connectivity index (χ1n) is 5.15. The van der Waals surface area contributed by atoms with Gasteiger partial charge in [-0.3, -0.25) is 9.59 Å². The van der Waals surface area contributed by atoms with E-state index >= 15 is 0 Å². The van der Waals surface area contributed by atoms with Crippen LogP contribution in [0.25, 0.3) is 0 Å². The van der Waals surface area contributed by atoms with Crippen molar-refractivity contribution in [3.63, 3.8) is 0 Å². The second-order valence-electron chi connectivity index (χ2n) is 3.75. The second kappa shape index (κ2) is 8.41. The third-order valence-corrected chi connectivity index (χ3v) is 2.61. The summed E-state index contributed by atoms with van der Waals surface area (Å²) in [7, 11) is 5.21. The van der Waals surface area contributed by atoms with E-state index in [-0.39, 0.29) is 11.8 Å². The zero-order valence-electron chi connectivity index (χ0n) is 10.4. The topological polar surface area (TPSA) is 61.4 Å². The monoisotopic (exact) mass is 247 g/mol. The van der Waals surface area contributed by atoms with E-state index in [0.717, 1.165) is 5.75 Å². The second-order valence-corrected chi connectivity index (χ2v) is 4.74. The molecule has 16 heavy (non-hydrogen) atoms. The average molecular weight is 247 g/mol. The number of thioether (sulfide) groups is 1. The standard InChI is InChI=1S/C10H21N3O2S/c1-11-10(15)8(5-6-16-4)12-9(14)7-13(2)3/h8H,5-7H2,1-4H3,(H,11,15)(H,12,14)/t8-/m0/s1. The fourth-order valence-corrected chi connectivity index (χ4v) is 1.68. The highest BCUT2D eigenvalue weighted by Gasteiger charge is 2.18. The van der Waals surface area contributed by atoms with Crippen molar-refractivity contribution in [1.82, 2.24) is 15.5 Å². The summed E-state index contributed by atoms with van der Waals surface area (Å²) in [6.07, 6.45) is 2.63. The predicted octanol–water partition coefficient (Wildman–Crippen LogP) is -0.468. The number of carbonyl (C=O) groups excluding carboxylic acids is 2. The first kappa shape index (κ1) is 15.2. The van der Waals surface area contributed by atoms with Gasteiger partial charge in [0.15, 0.2) is 0 Å². The summed E-state index contributed by atoms with van der Waals surface area (Å²) in [6, 6.07) is -0.426. The van der Waals surface area contributed by atoms with Crippen LogP contribution in [0.3, 0.4) is 0 Å². The maximum Gasteiger partial charge on any atom is 0.242 e. The lowest BCUT2D eigenvalue weighted by molar-refractivity contribution is -0.129. The summed E-state index contributed by atoms with van der Waals surface area (Å²) in [5, 5.41) is 5.28. The zero-order valence-corrected chi connectivity index (χ0v) is 11.2. The molecular formula is C10H21N3O2S. The molecule has 2 N–H and O–H groups in total. The van der Waals surface area contributed by atoms with Gasteiger partial charge in [-0.1, -0.05) is 0 Å². The van der Waals surface area contributed by atoms with E-state index in [9.17, 15) is 9.59 Å². The van der Waals surface area contributed by atoms with E-state index in [1.54, 1.807) is 23.7 Å². The van der Waals surface area contributed by atoms with Gasteiger partial charge >= 0.3 is 0 Å². The molecule has 2 amide bonds. The molecule has 5 nitrogen and oxygen atoms in total. The normalized spacial score (nSPS) is 12.3. The van der Waals surface area contributed by atoms with Crippen LogP contribution >= 0.6 is 11.8 Å². The summed E-state index contributed by atoms with van der Waals surface area (Å²) in [6.45, 7) is 0.298. The molecule has 1 atom stereocenters. The molecule has 0 aromatic carbocycles. The minimum atomic E-state index is -0.426. The molecule has 0 fully saturated rings. The third kappa shape index (κ3) is 6.68. The average Bonchev–Trinajstić information content (AvgIpc) is 2.21. The largest absolute Gasteiger partial charge is 0.357 e. The van der Waals surface area contributed by atoms with Crippen molar-refractivity contribution in [2.45, 2.75) is 12.5 Å². The number of nitrogens with zero attached hydrogens (tertiary/aromatic N) is 1. The maximum atomic E-state index is 11.5. The van der Waals surface area contributed by atoms with Gasteiger partial charge in [0.1, 0.15) is 6.04 Å². The molecule has 0 unspecified atom stereocenters. The summed E-state index contributed by atoms with van der Waals surface area (Å²) in [4.78, 5) is 24.8. The molecule has 0 aliphatic rings. The van der Waals surface area contributed by atoms with Crippen LogP contribution in [0.4, 0.5) is 0 Å². The van der Waals surface area contributed by atoms with Crippen molar-refractivity contribution in [3.8, 4) is 0 Å². The molecule has 94 valence electrons. The molecule has 0 bridgehead atoms. The van der Waals surface area contributed by atoms with E-state index in [2.05, 4.69) is 10.6 Å². The van der Waals surface area contributed by atoms with E-state index < -0.39 is 6.04 Å². The Labute approximate surface area is 101 Å². The van der Waals surface area contributed by atoms with Gasteiger partial charge in [-0.05, 0) is 32.5 Å². The Balaban J connectivity index is 4.19. The summed E-state index contributed by atoms with van der Waals surface area (Å²) >= 11 is 1.66. The summed E-state index contributed by atoms with van der Waals surface area (Å²) in [5.41, 5.74) is 0. The van der Waals surface area contributed by atoms with Gasteiger partial charge in [0.2, 0.25) is 11.8 Å². The number of hydrogen-bond acceptors (Lipinski definition) is 4. The van der Waals surface area contributed by atoms with Crippen LogP contribution < -0.4 is 10.6 Å². The quantitative estimate of drug-likeness (QED) is 0.638. The zero-order chi connectivity index (χ0) is 12.6. The summed E-state index contributed by atoms with van der Waals surface area (Å²) < 4.78 is 0. The van der Waals surface area contributed by atoms with Crippen LogP contribution in [0.2, 0.25) is 0 Å². The van der Waals surface area contributed by atoms with Crippen LogP contribution in [0.1, 0.15) is 6.42 Å². The molecular weight excluding hydrogens is 226 g/mol. The molecule has 0 aliphatic heterocycles. The molecule has 0 rings (SSSR count). The third-order valence-electron chi connectivity index (χ3n) is 1.97. The molecule has 0 aromatic rings. The van der Waals surface area contributed by atoms with Crippen molar-refractivity contribution in [2.75, 3.05) is 39.7 Å². The van der Waals surface area contributed by atoms with Crippen molar-refractivity contribution < 1.29 is 9.59 Å². The minimum Gasteiger partial charge on any atom is -0.357 e. The number of likely N-dealkylation sites (N-methyl/N-ethyl adjacent to an activating group) is 2. The lowest BCUT2D eigenvalue weighted by Crippen LogP contribution is -2.48. The molecule has 0 heterocycles. The number of carbonyl (C=O) groups is 2. The maximum absolute atomic E-state index is 11.5. The first-order valence-corrected chi connectivity index (χ1v) is 6.55. The van der Waals surface area contributed by atoms with Crippen molar-refractivity contribution >= 4 is 23.6 Å². The number of nitrogens with one attached hydrogen (secondary N) is 2. The lowest BCUT2D eigenvalue weighted by atomic mass is 10.2. The van der Waals surface area contributed by atoms with Crippen LogP contribution in [0.5, 0.6) is 0 Å². The molecule has 6 heteroatoms. The molecule has 0 radical (unpaired) electrons. The number of amides is 2. The SMILES string of the molecule is CNC(=O)[C@H](CCSC)NC(=O)CN(C)C. The number of rotatable bonds is 7. The van der Waals surface area contributed by atoms with Crippen LogP contribution in [-0.4, -0.2) is 62.5 Å². The van der Waals surface area contributed by atoms with Gasteiger partial charge in [-0.2, -0.15) is 11.8 Å². The van der Waals surface area contributed by atoms with E-state index in [1.807, 2.05) is 20.4 Å². The molecule has 0 spiro atoms. The lowest BCUT2D eigenvalue weighted by Gasteiger charge is -2.18. The number of hydrogen-bond donors (Lipinski definition) is 2. The van der Waals surface area contributed by atoms with Crippen LogP contribution in [-0.2, 0) is 9.59 Å².